The molecule has 1 rings (SSSR count). The normalized spacial score (nSPS) is 12.4. The molecule has 0 spiro atoms. The fraction of sp³-hybridized carbons (Fsp3) is 0.417. The molecule has 0 aromatic heterocycles. The predicted octanol–water partition coefficient (Wildman–Crippen LogP) is 2.77. The summed E-state index contributed by atoms with van der Waals surface area (Å²) >= 11 is 3.38. The van der Waals surface area contributed by atoms with Crippen molar-refractivity contribution in [2.45, 2.75) is 25.9 Å². The van der Waals surface area contributed by atoms with Crippen LogP contribution in [0.4, 0.5) is 5.69 Å². The van der Waals surface area contributed by atoms with E-state index >= 15 is 0 Å². The van der Waals surface area contributed by atoms with Crippen molar-refractivity contribution < 1.29 is 0 Å². The van der Waals surface area contributed by atoms with Crippen LogP contribution in [0.25, 0.3) is 0 Å². The fourth-order valence-corrected chi connectivity index (χ4v) is 1.80. The smallest absolute Gasteiger partial charge is 0.0638 e. The van der Waals surface area contributed by atoms with Gasteiger partial charge in [0.2, 0.25) is 0 Å². The van der Waals surface area contributed by atoms with E-state index in [1.165, 1.54) is 0 Å². The number of nitrogens with two attached hydrogens (primary N) is 1. The second kappa shape index (κ2) is 5.88. The molecule has 0 aliphatic heterocycles. The number of nitrogen functional groups attached to an aromatic ring is 1. The molecule has 0 heterocycles. The van der Waals surface area contributed by atoms with Gasteiger partial charge < -0.3 is 5.73 Å². The number of benzene rings is 1. The van der Waals surface area contributed by atoms with E-state index in [1.54, 1.807) is 0 Å². The lowest BCUT2D eigenvalue weighted by Gasteiger charge is -2.23. The van der Waals surface area contributed by atoms with Crippen LogP contribution in [0.1, 0.15) is 18.9 Å². The minimum absolute atomic E-state index is 0.244. The minimum atomic E-state index is 0.244. The summed E-state index contributed by atoms with van der Waals surface area (Å²) in [5.41, 5.74) is 7.80. The van der Waals surface area contributed by atoms with Gasteiger partial charge in [-0.25, -0.2) is 0 Å². The van der Waals surface area contributed by atoms with Crippen molar-refractivity contribution in [2.75, 3.05) is 12.8 Å². The molecule has 0 fully saturated rings. The van der Waals surface area contributed by atoms with E-state index in [0.717, 1.165) is 22.3 Å². The third-order valence-electron chi connectivity index (χ3n) is 2.67. The summed E-state index contributed by atoms with van der Waals surface area (Å²) in [5, 5.41) is 8.64. The highest BCUT2D eigenvalue weighted by atomic mass is 79.9. The third kappa shape index (κ3) is 3.51. The molecule has 2 N–H and O–H groups in total. The van der Waals surface area contributed by atoms with Gasteiger partial charge in [-0.1, -0.05) is 22.0 Å². The van der Waals surface area contributed by atoms with Crippen LogP contribution in [0.3, 0.4) is 0 Å². The molecule has 0 amide bonds. The molecule has 86 valence electrons. The number of rotatable bonds is 4. The van der Waals surface area contributed by atoms with Crippen LogP contribution in [0.5, 0.6) is 0 Å². The molecule has 16 heavy (non-hydrogen) atoms. The minimum Gasteiger partial charge on any atom is -0.398 e. The molecule has 4 heteroatoms. The monoisotopic (exact) mass is 281 g/mol. The van der Waals surface area contributed by atoms with Crippen LogP contribution in [-0.2, 0) is 6.54 Å². The molecule has 0 radical (unpaired) electrons. The second-order valence-electron chi connectivity index (χ2n) is 3.97. The van der Waals surface area contributed by atoms with Gasteiger partial charge in [0.1, 0.15) is 0 Å². The lowest BCUT2D eigenvalue weighted by Crippen LogP contribution is -2.28. The quantitative estimate of drug-likeness (QED) is 0.864. The molecule has 0 aliphatic carbocycles. The Morgan fingerprint density at radius 2 is 2.25 bits per heavy atom. The van der Waals surface area contributed by atoms with Crippen molar-refractivity contribution in [2.24, 2.45) is 0 Å². The lowest BCUT2D eigenvalue weighted by molar-refractivity contribution is 0.253. The van der Waals surface area contributed by atoms with Crippen molar-refractivity contribution in [3.05, 3.63) is 28.2 Å². The Labute approximate surface area is 105 Å². The zero-order chi connectivity index (χ0) is 12.1. The average molecular weight is 282 g/mol. The Hall–Kier alpha value is -1.05. The van der Waals surface area contributed by atoms with Crippen LogP contribution < -0.4 is 5.73 Å². The Balaban J connectivity index is 2.70. The first-order valence-corrected chi connectivity index (χ1v) is 5.95. The molecule has 0 saturated carbocycles. The number of nitrogens with zero attached hydrogens (tertiary/aromatic N) is 2. The Morgan fingerprint density at radius 1 is 1.56 bits per heavy atom. The highest BCUT2D eigenvalue weighted by molar-refractivity contribution is 9.10. The zero-order valence-electron chi connectivity index (χ0n) is 9.57. The van der Waals surface area contributed by atoms with E-state index in [0.29, 0.717) is 6.42 Å². The van der Waals surface area contributed by atoms with Crippen molar-refractivity contribution in [3.63, 3.8) is 0 Å². The highest BCUT2D eigenvalue weighted by Gasteiger charge is 2.10. The predicted molar refractivity (Wildman–Crippen MR) is 69.7 cm³/mol. The van der Waals surface area contributed by atoms with Gasteiger partial charge >= 0.3 is 0 Å². The summed E-state index contributed by atoms with van der Waals surface area (Å²) in [6, 6.07) is 8.31. The summed E-state index contributed by atoms with van der Waals surface area (Å²) < 4.78 is 0.987. The van der Waals surface area contributed by atoms with Crippen LogP contribution in [0.2, 0.25) is 0 Å². The molecule has 0 aliphatic rings. The van der Waals surface area contributed by atoms with Crippen LogP contribution in [-0.4, -0.2) is 18.0 Å². The van der Waals surface area contributed by atoms with E-state index in [2.05, 4.69) is 26.9 Å². The van der Waals surface area contributed by atoms with E-state index in [-0.39, 0.29) is 6.04 Å². The van der Waals surface area contributed by atoms with E-state index < -0.39 is 0 Å². The molecular weight excluding hydrogens is 266 g/mol. The Kier molecular flexibility index (Phi) is 4.78. The number of hydrogen-bond acceptors (Lipinski definition) is 3. The maximum Gasteiger partial charge on any atom is 0.0638 e. The van der Waals surface area contributed by atoms with E-state index in [4.69, 9.17) is 11.0 Å². The first-order valence-electron chi connectivity index (χ1n) is 5.15. The number of hydrogen-bond donors (Lipinski definition) is 1. The van der Waals surface area contributed by atoms with Crippen molar-refractivity contribution in [3.8, 4) is 6.07 Å². The number of anilines is 1. The molecule has 0 saturated heterocycles. The summed E-state index contributed by atoms with van der Waals surface area (Å²) in [7, 11) is 2.00. The zero-order valence-corrected chi connectivity index (χ0v) is 11.2. The second-order valence-corrected chi connectivity index (χ2v) is 4.89. The van der Waals surface area contributed by atoms with Crippen LogP contribution in [0, 0.1) is 11.3 Å². The summed E-state index contributed by atoms with van der Waals surface area (Å²) in [4.78, 5) is 2.13. The third-order valence-corrected chi connectivity index (χ3v) is 3.16. The molecule has 1 unspecified atom stereocenters. The average Bonchev–Trinajstić information content (AvgIpc) is 2.22. The van der Waals surface area contributed by atoms with Gasteiger partial charge in [0, 0.05) is 22.7 Å². The van der Waals surface area contributed by atoms with E-state index in [1.807, 2.05) is 32.2 Å². The van der Waals surface area contributed by atoms with Crippen LogP contribution in [0.15, 0.2) is 22.7 Å². The maximum atomic E-state index is 8.64. The lowest BCUT2D eigenvalue weighted by atomic mass is 10.1. The first kappa shape index (κ1) is 13.0. The largest absolute Gasteiger partial charge is 0.398 e. The fourth-order valence-electron chi connectivity index (χ4n) is 1.42. The van der Waals surface area contributed by atoms with Gasteiger partial charge in [0.25, 0.3) is 0 Å². The first-order chi connectivity index (χ1) is 7.54. The van der Waals surface area contributed by atoms with Crippen molar-refractivity contribution in [1.29, 1.82) is 5.26 Å². The summed E-state index contributed by atoms with van der Waals surface area (Å²) in [6.45, 7) is 2.81. The van der Waals surface area contributed by atoms with Crippen molar-refractivity contribution in [1.82, 2.24) is 4.90 Å². The summed E-state index contributed by atoms with van der Waals surface area (Å²) in [5.74, 6) is 0. The molecular formula is C12H16BrN3. The molecule has 1 aromatic rings. The SMILES string of the molecule is CC(CC#N)N(C)Cc1ccc(Br)cc1N. The van der Waals surface area contributed by atoms with Gasteiger partial charge in [0.15, 0.2) is 0 Å². The van der Waals surface area contributed by atoms with Gasteiger partial charge in [-0.2, -0.15) is 5.26 Å². The Morgan fingerprint density at radius 3 is 2.81 bits per heavy atom. The Bertz CT molecular complexity index is 398. The molecule has 0 bridgehead atoms. The van der Waals surface area contributed by atoms with Crippen molar-refractivity contribution >= 4 is 21.6 Å². The van der Waals surface area contributed by atoms with Gasteiger partial charge in [0.05, 0.1) is 12.5 Å². The van der Waals surface area contributed by atoms with Crippen LogP contribution >= 0.6 is 15.9 Å². The molecule has 1 aromatic carbocycles. The standard InChI is InChI=1S/C12H16BrN3/c1-9(5-6-14)16(2)8-10-3-4-11(13)7-12(10)15/h3-4,7,9H,5,8,15H2,1-2H3. The number of halogens is 1. The van der Waals surface area contributed by atoms with Gasteiger partial charge in [-0.15, -0.1) is 0 Å². The highest BCUT2D eigenvalue weighted by Crippen LogP contribution is 2.20. The number of nitriles is 1. The van der Waals surface area contributed by atoms with E-state index in [9.17, 15) is 0 Å². The molecule has 1 atom stereocenters. The topological polar surface area (TPSA) is 53.0 Å². The van der Waals surface area contributed by atoms with Gasteiger partial charge in [-0.05, 0) is 31.7 Å². The summed E-state index contributed by atoms with van der Waals surface area (Å²) in [6.07, 6.45) is 0.535. The molecule has 3 nitrogen and oxygen atoms in total. The maximum absolute atomic E-state index is 8.64. The van der Waals surface area contributed by atoms with Gasteiger partial charge in [-0.3, -0.25) is 4.90 Å².